The summed E-state index contributed by atoms with van der Waals surface area (Å²) in [7, 11) is 0. The Morgan fingerprint density at radius 3 is 2.43 bits per heavy atom. The number of hydrogen-bond acceptors (Lipinski definition) is 1. The van der Waals surface area contributed by atoms with Crippen LogP contribution in [-0.4, -0.2) is 12.6 Å². The first-order valence-corrected chi connectivity index (χ1v) is 5.98. The van der Waals surface area contributed by atoms with Crippen molar-refractivity contribution in [2.45, 2.75) is 64.8 Å². The van der Waals surface area contributed by atoms with Crippen LogP contribution < -0.4 is 5.32 Å². The molecule has 1 heteroatoms. The lowest BCUT2D eigenvalue weighted by molar-refractivity contribution is 0.520. The van der Waals surface area contributed by atoms with Crippen LogP contribution in [0, 0.1) is 12.3 Å². The smallest absolute Gasteiger partial charge is 0.0238 e. The van der Waals surface area contributed by atoms with E-state index in [1.54, 1.807) is 0 Å². The minimum absolute atomic E-state index is 0.482. The molecule has 1 nitrogen and oxygen atoms in total. The van der Waals surface area contributed by atoms with Gasteiger partial charge in [-0.25, -0.2) is 0 Å². The van der Waals surface area contributed by atoms with Crippen molar-refractivity contribution in [3.63, 3.8) is 0 Å². The fourth-order valence-electron chi connectivity index (χ4n) is 1.50. The van der Waals surface area contributed by atoms with E-state index in [4.69, 9.17) is 6.42 Å². The highest BCUT2D eigenvalue weighted by Gasteiger charge is 1.97. The summed E-state index contributed by atoms with van der Waals surface area (Å²) < 4.78 is 0. The summed E-state index contributed by atoms with van der Waals surface area (Å²) in [4.78, 5) is 0. The zero-order chi connectivity index (χ0) is 10.6. The first-order chi connectivity index (χ1) is 6.81. The largest absolute Gasteiger partial charge is 0.313 e. The summed E-state index contributed by atoms with van der Waals surface area (Å²) >= 11 is 0. The molecular formula is C13H25N. The zero-order valence-electron chi connectivity index (χ0n) is 9.81. The Hall–Kier alpha value is -0.480. The van der Waals surface area contributed by atoms with Crippen molar-refractivity contribution in [2.75, 3.05) is 6.54 Å². The van der Waals surface area contributed by atoms with Crippen LogP contribution in [0.3, 0.4) is 0 Å². The van der Waals surface area contributed by atoms with Gasteiger partial charge in [0.1, 0.15) is 0 Å². The van der Waals surface area contributed by atoms with Gasteiger partial charge >= 0.3 is 0 Å². The molecule has 0 saturated heterocycles. The van der Waals surface area contributed by atoms with Gasteiger partial charge in [-0.2, -0.15) is 0 Å². The van der Waals surface area contributed by atoms with Crippen LogP contribution in [0.15, 0.2) is 0 Å². The molecule has 0 bridgehead atoms. The average Bonchev–Trinajstić information content (AvgIpc) is 2.17. The highest BCUT2D eigenvalue weighted by Crippen LogP contribution is 2.04. The minimum Gasteiger partial charge on any atom is -0.313 e. The summed E-state index contributed by atoms with van der Waals surface area (Å²) in [5.41, 5.74) is 0. The third-order valence-corrected chi connectivity index (χ3v) is 2.45. The Morgan fingerprint density at radius 2 is 1.79 bits per heavy atom. The fraction of sp³-hybridized carbons (Fsp3) is 0.846. The molecule has 0 radical (unpaired) electrons. The maximum atomic E-state index is 5.22. The van der Waals surface area contributed by atoms with Gasteiger partial charge < -0.3 is 5.32 Å². The van der Waals surface area contributed by atoms with Crippen molar-refractivity contribution in [1.82, 2.24) is 5.32 Å². The number of rotatable bonds is 9. The van der Waals surface area contributed by atoms with E-state index in [0.717, 1.165) is 13.0 Å². The molecule has 82 valence electrons. The van der Waals surface area contributed by atoms with Crippen LogP contribution in [0.1, 0.15) is 58.8 Å². The first kappa shape index (κ1) is 13.5. The predicted molar refractivity (Wildman–Crippen MR) is 64.3 cm³/mol. The van der Waals surface area contributed by atoms with E-state index in [2.05, 4.69) is 25.1 Å². The molecule has 0 aromatic rings. The van der Waals surface area contributed by atoms with Gasteiger partial charge in [0.15, 0.2) is 0 Å². The summed E-state index contributed by atoms with van der Waals surface area (Å²) in [6.45, 7) is 5.52. The Morgan fingerprint density at radius 1 is 1.14 bits per heavy atom. The van der Waals surface area contributed by atoms with Gasteiger partial charge in [0.2, 0.25) is 0 Å². The Bertz CT molecular complexity index is 146. The van der Waals surface area contributed by atoms with E-state index in [1.165, 1.54) is 38.5 Å². The van der Waals surface area contributed by atoms with Crippen LogP contribution in [0.25, 0.3) is 0 Å². The first-order valence-electron chi connectivity index (χ1n) is 5.98. The van der Waals surface area contributed by atoms with Gasteiger partial charge in [0.05, 0.1) is 0 Å². The molecule has 0 aliphatic rings. The van der Waals surface area contributed by atoms with Crippen molar-refractivity contribution in [1.29, 1.82) is 0 Å². The summed E-state index contributed by atoms with van der Waals surface area (Å²) in [6, 6.07) is 0.482. The lowest BCUT2D eigenvalue weighted by Crippen LogP contribution is -2.26. The molecule has 0 aromatic carbocycles. The van der Waals surface area contributed by atoms with E-state index in [1.807, 2.05) is 0 Å². The quantitative estimate of drug-likeness (QED) is 0.439. The van der Waals surface area contributed by atoms with Crippen molar-refractivity contribution >= 4 is 0 Å². The molecule has 1 N–H and O–H groups in total. The molecule has 0 spiro atoms. The number of unbranched alkanes of at least 4 members (excludes halogenated alkanes) is 5. The number of terminal acetylenes is 1. The molecule has 0 amide bonds. The molecule has 1 unspecified atom stereocenters. The molecule has 0 fully saturated rings. The summed E-state index contributed by atoms with van der Waals surface area (Å²) in [5.74, 6) is 2.67. The second-order valence-corrected chi connectivity index (χ2v) is 4.03. The van der Waals surface area contributed by atoms with Crippen LogP contribution in [-0.2, 0) is 0 Å². The van der Waals surface area contributed by atoms with Crippen LogP contribution in [0.2, 0.25) is 0 Å². The van der Waals surface area contributed by atoms with Crippen LogP contribution in [0.5, 0.6) is 0 Å². The van der Waals surface area contributed by atoms with Crippen molar-refractivity contribution < 1.29 is 0 Å². The van der Waals surface area contributed by atoms with Gasteiger partial charge in [0.25, 0.3) is 0 Å². The molecule has 1 atom stereocenters. The Kier molecular flexibility index (Phi) is 10.2. The van der Waals surface area contributed by atoms with Gasteiger partial charge in [-0.3, -0.25) is 0 Å². The number of hydrogen-bond donors (Lipinski definition) is 1. The van der Waals surface area contributed by atoms with E-state index < -0.39 is 0 Å². The Balaban J connectivity index is 3.02. The van der Waals surface area contributed by atoms with Crippen molar-refractivity contribution in [3.8, 4) is 12.3 Å². The van der Waals surface area contributed by atoms with Crippen LogP contribution in [0.4, 0.5) is 0 Å². The molecule has 0 aliphatic heterocycles. The van der Waals surface area contributed by atoms with Gasteiger partial charge in [-0.1, -0.05) is 39.0 Å². The van der Waals surface area contributed by atoms with E-state index in [-0.39, 0.29) is 0 Å². The van der Waals surface area contributed by atoms with Crippen LogP contribution >= 0.6 is 0 Å². The monoisotopic (exact) mass is 195 g/mol. The topological polar surface area (TPSA) is 12.0 Å². The molecule has 0 rings (SSSR count). The molecule has 0 aromatic heterocycles. The molecule has 0 aliphatic carbocycles. The Labute approximate surface area is 89.7 Å². The summed E-state index contributed by atoms with van der Waals surface area (Å²) in [6.07, 6.45) is 14.2. The normalized spacial score (nSPS) is 12.4. The van der Waals surface area contributed by atoms with E-state index in [9.17, 15) is 0 Å². The lowest BCUT2D eigenvalue weighted by Gasteiger charge is -2.09. The van der Waals surface area contributed by atoms with E-state index in [0.29, 0.717) is 6.04 Å². The second kappa shape index (κ2) is 10.6. The maximum absolute atomic E-state index is 5.22. The molecular weight excluding hydrogens is 170 g/mol. The summed E-state index contributed by atoms with van der Waals surface area (Å²) in [5, 5.41) is 3.43. The van der Waals surface area contributed by atoms with Crippen molar-refractivity contribution in [2.24, 2.45) is 0 Å². The highest BCUT2D eigenvalue weighted by atomic mass is 14.9. The fourth-order valence-corrected chi connectivity index (χ4v) is 1.50. The van der Waals surface area contributed by atoms with Gasteiger partial charge in [-0.15, -0.1) is 12.3 Å². The van der Waals surface area contributed by atoms with Gasteiger partial charge in [-0.05, 0) is 19.9 Å². The average molecular weight is 195 g/mol. The van der Waals surface area contributed by atoms with Crippen molar-refractivity contribution in [3.05, 3.63) is 0 Å². The maximum Gasteiger partial charge on any atom is 0.0238 e. The molecule has 0 heterocycles. The van der Waals surface area contributed by atoms with E-state index >= 15 is 0 Å². The molecule has 0 saturated carbocycles. The third kappa shape index (κ3) is 9.61. The standard InChI is InChI=1S/C13H25N/c1-4-6-7-8-9-10-12-14-13(3)11-5-2/h2,13-14H,4,6-12H2,1,3H3. The third-order valence-electron chi connectivity index (χ3n) is 2.45. The lowest BCUT2D eigenvalue weighted by atomic mass is 10.1. The van der Waals surface area contributed by atoms with Gasteiger partial charge in [0, 0.05) is 12.5 Å². The number of nitrogens with one attached hydrogen (secondary N) is 1. The zero-order valence-corrected chi connectivity index (χ0v) is 9.81. The minimum atomic E-state index is 0.482. The highest BCUT2D eigenvalue weighted by molar-refractivity contribution is 4.87. The SMILES string of the molecule is C#CCC(C)NCCCCCCCC. The second-order valence-electron chi connectivity index (χ2n) is 4.03. The predicted octanol–water partition coefficient (Wildman–Crippen LogP) is 3.35. The molecule has 14 heavy (non-hydrogen) atoms.